The van der Waals surface area contributed by atoms with Crippen LogP contribution in [0.25, 0.3) is 0 Å². The van der Waals surface area contributed by atoms with Crippen molar-refractivity contribution in [1.29, 1.82) is 0 Å². The Morgan fingerprint density at radius 3 is 2.88 bits per heavy atom. The molecule has 0 N–H and O–H groups in total. The Morgan fingerprint density at radius 1 is 1.56 bits per heavy atom. The van der Waals surface area contributed by atoms with Crippen LogP contribution >= 0.6 is 23.1 Å². The van der Waals surface area contributed by atoms with E-state index in [0.717, 1.165) is 18.0 Å². The van der Waals surface area contributed by atoms with Crippen molar-refractivity contribution in [1.82, 2.24) is 10.2 Å². The van der Waals surface area contributed by atoms with Gasteiger partial charge >= 0.3 is 0 Å². The second-order valence-corrected chi connectivity index (χ2v) is 5.68. The Morgan fingerprint density at radius 2 is 2.31 bits per heavy atom. The van der Waals surface area contributed by atoms with Crippen LogP contribution < -0.4 is 4.90 Å². The standard InChI is InChI=1S/C10H15N3OS2/c1-3-7(4-2)9-13(8(14)5-15-9)10-12-11-6-16-10/h6-7,9H,3-5H2,1-2H3/t9-/m0/s1. The molecular formula is C10H15N3OS2. The molecule has 1 aliphatic heterocycles. The average Bonchev–Trinajstić information content (AvgIpc) is 2.90. The van der Waals surface area contributed by atoms with E-state index in [1.165, 1.54) is 11.3 Å². The number of nitrogens with zero attached hydrogens (tertiary/aromatic N) is 3. The van der Waals surface area contributed by atoms with Gasteiger partial charge in [0.1, 0.15) is 5.51 Å². The maximum Gasteiger partial charge on any atom is 0.239 e. The fraction of sp³-hybridized carbons (Fsp3) is 0.700. The second-order valence-electron chi connectivity index (χ2n) is 3.76. The quantitative estimate of drug-likeness (QED) is 0.831. The highest BCUT2D eigenvalue weighted by atomic mass is 32.2. The van der Waals surface area contributed by atoms with Crippen LogP contribution in [0, 0.1) is 5.92 Å². The molecule has 88 valence electrons. The smallest absolute Gasteiger partial charge is 0.239 e. The summed E-state index contributed by atoms with van der Waals surface area (Å²) in [7, 11) is 0. The minimum atomic E-state index is 0.165. The van der Waals surface area contributed by atoms with Crippen molar-refractivity contribution in [3.8, 4) is 0 Å². The van der Waals surface area contributed by atoms with Gasteiger partial charge in [0, 0.05) is 0 Å². The lowest BCUT2D eigenvalue weighted by Crippen LogP contribution is -2.37. The van der Waals surface area contributed by atoms with Gasteiger partial charge in [-0.1, -0.05) is 38.0 Å². The molecule has 1 aromatic heterocycles. The number of hydrogen-bond donors (Lipinski definition) is 0. The molecule has 6 heteroatoms. The van der Waals surface area contributed by atoms with Gasteiger partial charge in [-0.2, -0.15) is 0 Å². The topological polar surface area (TPSA) is 46.1 Å². The van der Waals surface area contributed by atoms with Gasteiger partial charge in [0.15, 0.2) is 0 Å². The molecule has 2 rings (SSSR count). The van der Waals surface area contributed by atoms with Gasteiger partial charge in [-0.05, 0) is 5.92 Å². The fourth-order valence-electron chi connectivity index (χ4n) is 1.97. The Bertz CT molecular complexity index is 351. The first-order valence-electron chi connectivity index (χ1n) is 5.47. The molecule has 1 saturated heterocycles. The Balaban J connectivity index is 2.22. The lowest BCUT2D eigenvalue weighted by molar-refractivity contribution is -0.116. The zero-order valence-electron chi connectivity index (χ0n) is 9.42. The first-order valence-corrected chi connectivity index (χ1v) is 7.40. The van der Waals surface area contributed by atoms with Crippen LogP contribution in [0.3, 0.4) is 0 Å². The molecule has 0 aliphatic carbocycles. The van der Waals surface area contributed by atoms with Crippen molar-refractivity contribution in [3.63, 3.8) is 0 Å². The Kier molecular flexibility index (Phi) is 3.81. The van der Waals surface area contributed by atoms with Crippen molar-refractivity contribution in [2.24, 2.45) is 5.92 Å². The Labute approximate surface area is 103 Å². The molecule has 0 unspecified atom stereocenters. The minimum Gasteiger partial charge on any atom is -0.273 e. The molecular weight excluding hydrogens is 242 g/mol. The number of rotatable bonds is 4. The van der Waals surface area contributed by atoms with Gasteiger partial charge < -0.3 is 0 Å². The van der Waals surface area contributed by atoms with Crippen LogP contribution in [-0.4, -0.2) is 27.2 Å². The van der Waals surface area contributed by atoms with Crippen molar-refractivity contribution >= 4 is 34.1 Å². The third kappa shape index (κ3) is 2.08. The highest BCUT2D eigenvalue weighted by Gasteiger charge is 2.38. The zero-order valence-corrected chi connectivity index (χ0v) is 11.1. The molecule has 0 bridgehead atoms. The monoisotopic (exact) mass is 257 g/mol. The predicted molar refractivity (Wildman–Crippen MR) is 67.7 cm³/mol. The predicted octanol–water partition coefficient (Wildman–Crippen LogP) is 2.38. The zero-order chi connectivity index (χ0) is 11.5. The van der Waals surface area contributed by atoms with Crippen molar-refractivity contribution in [2.75, 3.05) is 10.7 Å². The van der Waals surface area contributed by atoms with Gasteiger partial charge in [0.25, 0.3) is 0 Å². The molecule has 0 aromatic carbocycles. The van der Waals surface area contributed by atoms with E-state index in [2.05, 4.69) is 24.0 Å². The van der Waals surface area contributed by atoms with Gasteiger partial charge in [-0.15, -0.1) is 22.0 Å². The maximum atomic E-state index is 11.9. The van der Waals surface area contributed by atoms with E-state index in [0.29, 0.717) is 11.7 Å². The molecule has 1 aliphatic rings. The van der Waals surface area contributed by atoms with Crippen LogP contribution in [0.2, 0.25) is 0 Å². The average molecular weight is 257 g/mol. The fourth-order valence-corrected chi connectivity index (χ4v) is 4.12. The van der Waals surface area contributed by atoms with Crippen LogP contribution in [-0.2, 0) is 4.79 Å². The molecule has 1 amide bonds. The SMILES string of the molecule is CCC(CC)[C@@H]1SCC(=O)N1c1nncs1. The number of thioether (sulfide) groups is 1. The third-order valence-corrected chi connectivity index (χ3v) is 4.95. The molecule has 1 aromatic rings. The molecule has 1 fully saturated rings. The molecule has 0 spiro atoms. The maximum absolute atomic E-state index is 11.9. The molecule has 0 saturated carbocycles. The van der Waals surface area contributed by atoms with Gasteiger partial charge in [-0.25, -0.2) is 0 Å². The number of amides is 1. The van der Waals surface area contributed by atoms with Crippen molar-refractivity contribution in [3.05, 3.63) is 5.51 Å². The third-order valence-electron chi connectivity index (χ3n) is 2.91. The number of carbonyl (C=O) groups is 1. The van der Waals surface area contributed by atoms with Crippen molar-refractivity contribution < 1.29 is 4.79 Å². The summed E-state index contributed by atoms with van der Waals surface area (Å²) in [5, 5.41) is 8.81. The summed E-state index contributed by atoms with van der Waals surface area (Å²) in [5.41, 5.74) is 1.68. The lowest BCUT2D eigenvalue weighted by atomic mass is 10.0. The van der Waals surface area contributed by atoms with Crippen LogP contribution in [0.15, 0.2) is 5.51 Å². The summed E-state index contributed by atoms with van der Waals surface area (Å²) >= 11 is 3.16. The highest BCUT2D eigenvalue weighted by Crippen LogP contribution is 2.37. The van der Waals surface area contributed by atoms with Crippen molar-refractivity contribution in [2.45, 2.75) is 32.1 Å². The number of carbonyl (C=O) groups excluding carboxylic acids is 1. The first kappa shape index (κ1) is 11.9. The van der Waals surface area contributed by atoms with E-state index in [1.54, 1.807) is 17.3 Å². The molecule has 4 nitrogen and oxygen atoms in total. The first-order chi connectivity index (χ1) is 7.77. The van der Waals surface area contributed by atoms with E-state index in [1.807, 2.05) is 4.90 Å². The van der Waals surface area contributed by atoms with E-state index in [4.69, 9.17) is 0 Å². The van der Waals surface area contributed by atoms with E-state index < -0.39 is 0 Å². The van der Waals surface area contributed by atoms with Crippen LogP contribution in [0.1, 0.15) is 26.7 Å². The summed E-state index contributed by atoms with van der Waals surface area (Å²) in [6.07, 6.45) is 2.19. The number of aromatic nitrogens is 2. The lowest BCUT2D eigenvalue weighted by Gasteiger charge is -2.27. The van der Waals surface area contributed by atoms with Crippen LogP contribution in [0.4, 0.5) is 5.13 Å². The number of hydrogen-bond acceptors (Lipinski definition) is 5. The van der Waals surface area contributed by atoms with E-state index in [9.17, 15) is 4.79 Å². The number of anilines is 1. The second kappa shape index (κ2) is 5.14. The molecule has 2 heterocycles. The summed E-state index contributed by atoms with van der Waals surface area (Å²) < 4.78 is 0. The van der Waals surface area contributed by atoms with Gasteiger partial charge in [0.05, 0.1) is 11.1 Å². The summed E-state index contributed by atoms with van der Waals surface area (Å²) in [6.45, 7) is 4.35. The normalized spacial score (nSPS) is 21.1. The van der Waals surface area contributed by atoms with Gasteiger partial charge in [0.2, 0.25) is 11.0 Å². The summed E-state index contributed by atoms with van der Waals surface area (Å²) in [5.74, 6) is 1.28. The minimum absolute atomic E-state index is 0.165. The van der Waals surface area contributed by atoms with Gasteiger partial charge in [-0.3, -0.25) is 9.69 Å². The summed E-state index contributed by atoms with van der Waals surface area (Å²) in [6, 6.07) is 0. The van der Waals surface area contributed by atoms with E-state index >= 15 is 0 Å². The largest absolute Gasteiger partial charge is 0.273 e. The highest BCUT2D eigenvalue weighted by molar-refractivity contribution is 8.01. The van der Waals surface area contributed by atoms with E-state index in [-0.39, 0.29) is 11.3 Å². The van der Waals surface area contributed by atoms with Crippen LogP contribution in [0.5, 0.6) is 0 Å². The Hall–Kier alpha value is -0.620. The molecule has 16 heavy (non-hydrogen) atoms. The molecule has 1 atom stereocenters. The molecule has 0 radical (unpaired) electrons. The summed E-state index contributed by atoms with van der Waals surface area (Å²) in [4.78, 5) is 13.7.